The molecule has 1 aromatic heterocycles. The summed E-state index contributed by atoms with van der Waals surface area (Å²) < 4.78 is 5.43. The highest BCUT2D eigenvalue weighted by molar-refractivity contribution is 6.30. The van der Waals surface area contributed by atoms with Crippen molar-refractivity contribution < 1.29 is 4.52 Å². The van der Waals surface area contributed by atoms with E-state index >= 15 is 0 Å². The van der Waals surface area contributed by atoms with E-state index in [-0.39, 0.29) is 6.04 Å². The molecule has 0 aliphatic carbocycles. The van der Waals surface area contributed by atoms with E-state index in [0.29, 0.717) is 18.4 Å². The van der Waals surface area contributed by atoms with Gasteiger partial charge in [-0.1, -0.05) is 42.7 Å². The molecule has 0 spiro atoms. The van der Waals surface area contributed by atoms with Crippen molar-refractivity contribution in [3.63, 3.8) is 0 Å². The van der Waals surface area contributed by atoms with Crippen LogP contribution in [0.5, 0.6) is 0 Å². The fourth-order valence-electron chi connectivity index (χ4n) is 2.95. The van der Waals surface area contributed by atoms with Crippen molar-refractivity contribution in [1.82, 2.24) is 20.4 Å². The van der Waals surface area contributed by atoms with Crippen LogP contribution in [0.3, 0.4) is 0 Å². The highest BCUT2D eigenvalue weighted by atomic mass is 35.5. The molecule has 5 nitrogen and oxygen atoms in total. The van der Waals surface area contributed by atoms with Gasteiger partial charge in [-0.15, -0.1) is 0 Å². The minimum absolute atomic E-state index is 0.267. The van der Waals surface area contributed by atoms with E-state index in [4.69, 9.17) is 16.1 Å². The number of benzene rings is 1. The van der Waals surface area contributed by atoms with Crippen LogP contribution in [-0.2, 0) is 13.0 Å². The van der Waals surface area contributed by atoms with Gasteiger partial charge in [0.05, 0.1) is 6.54 Å². The van der Waals surface area contributed by atoms with Crippen molar-refractivity contribution in [2.75, 3.05) is 19.6 Å². The smallest absolute Gasteiger partial charge is 0.240 e. The molecule has 1 unspecified atom stereocenters. The molecular weight excluding hydrogens is 312 g/mol. The number of aromatic nitrogens is 2. The predicted octanol–water partition coefficient (Wildman–Crippen LogP) is 3.07. The molecule has 1 N–H and O–H groups in total. The van der Waals surface area contributed by atoms with Crippen molar-refractivity contribution in [2.45, 2.75) is 32.9 Å². The van der Waals surface area contributed by atoms with Crippen molar-refractivity contribution in [3.8, 4) is 0 Å². The quantitative estimate of drug-likeness (QED) is 0.910. The molecule has 1 aliphatic heterocycles. The Kier molecular flexibility index (Phi) is 5.30. The van der Waals surface area contributed by atoms with Crippen LogP contribution in [0.2, 0.25) is 5.02 Å². The molecule has 0 amide bonds. The summed E-state index contributed by atoms with van der Waals surface area (Å²) >= 11 is 6.14. The highest BCUT2D eigenvalue weighted by Crippen LogP contribution is 2.26. The van der Waals surface area contributed by atoms with Gasteiger partial charge in [0.25, 0.3) is 0 Å². The van der Waals surface area contributed by atoms with Gasteiger partial charge in [-0.05, 0) is 23.6 Å². The molecule has 0 radical (unpaired) electrons. The lowest BCUT2D eigenvalue weighted by Crippen LogP contribution is -2.45. The fraction of sp³-hybridized carbons (Fsp3) is 0.529. The summed E-state index contributed by atoms with van der Waals surface area (Å²) in [5, 5.41) is 8.30. The number of halogens is 1. The average Bonchev–Trinajstić information content (AvgIpc) is 2.94. The van der Waals surface area contributed by atoms with Crippen LogP contribution in [-0.4, -0.2) is 34.7 Å². The second-order valence-corrected chi connectivity index (χ2v) is 6.88. The van der Waals surface area contributed by atoms with E-state index in [0.717, 1.165) is 36.9 Å². The molecule has 124 valence electrons. The molecule has 2 heterocycles. The Morgan fingerprint density at radius 2 is 2.30 bits per heavy atom. The van der Waals surface area contributed by atoms with Gasteiger partial charge >= 0.3 is 0 Å². The molecule has 1 aromatic carbocycles. The summed E-state index contributed by atoms with van der Waals surface area (Å²) in [6.45, 7) is 7.78. The van der Waals surface area contributed by atoms with Gasteiger partial charge < -0.3 is 9.84 Å². The maximum atomic E-state index is 6.14. The highest BCUT2D eigenvalue weighted by Gasteiger charge is 2.25. The lowest BCUT2D eigenvalue weighted by Gasteiger charge is -2.35. The first-order valence-corrected chi connectivity index (χ1v) is 8.51. The Hall–Kier alpha value is -1.43. The van der Waals surface area contributed by atoms with Crippen molar-refractivity contribution >= 4 is 11.6 Å². The summed E-state index contributed by atoms with van der Waals surface area (Å²) in [7, 11) is 0. The zero-order chi connectivity index (χ0) is 16.2. The van der Waals surface area contributed by atoms with Crippen molar-refractivity contribution in [3.05, 3.63) is 46.6 Å². The number of hydrogen-bond acceptors (Lipinski definition) is 5. The van der Waals surface area contributed by atoms with Gasteiger partial charge in [-0.25, -0.2) is 0 Å². The molecule has 23 heavy (non-hydrogen) atoms. The average molecular weight is 335 g/mol. The van der Waals surface area contributed by atoms with Gasteiger partial charge in [0, 0.05) is 37.1 Å². The van der Waals surface area contributed by atoms with Gasteiger partial charge in [-0.2, -0.15) is 4.98 Å². The predicted molar refractivity (Wildman–Crippen MR) is 90.3 cm³/mol. The molecule has 3 rings (SSSR count). The number of nitrogens with one attached hydrogen (secondary N) is 1. The maximum absolute atomic E-state index is 6.14. The van der Waals surface area contributed by atoms with Crippen molar-refractivity contribution in [2.24, 2.45) is 5.92 Å². The zero-order valence-electron chi connectivity index (χ0n) is 13.6. The van der Waals surface area contributed by atoms with Crippen LogP contribution < -0.4 is 5.32 Å². The van der Waals surface area contributed by atoms with E-state index in [1.54, 1.807) is 0 Å². The van der Waals surface area contributed by atoms with E-state index in [2.05, 4.69) is 40.3 Å². The van der Waals surface area contributed by atoms with E-state index < -0.39 is 0 Å². The Morgan fingerprint density at radius 1 is 1.43 bits per heavy atom. The van der Waals surface area contributed by atoms with E-state index in [1.165, 1.54) is 5.56 Å². The minimum Gasteiger partial charge on any atom is -0.338 e. The first kappa shape index (κ1) is 16.4. The first-order valence-electron chi connectivity index (χ1n) is 8.13. The molecule has 2 aromatic rings. The fourth-order valence-corrected chi connectivity index (χ4v) is 3.15. The van der Waals surface area contributed by atoms with Crippen molar-refractivity contribution in [1.29, 1.82) is 0 Å². The Morgan fingerprint density at radius 3 is 3.09 bits per heavy atom. The van der Waals surface area contributed by atoms with Crippen LogP contribution in [0.4, 0.5) is 0 Å². The molecule has 1 saturated heterocycles. The third kappa shape index (κ3) is 4.31. The number of nitrogens with zero attached hydrogens (tertiary/aromatic N) is 3. The number of hydrogen-bond donors (Lipinski definition) is 1. The van der Waals surface area contributed by atoms with Crippen LogP contribution >= 0.6 is 11.6 Å². The maximum Gasteiger partial charge on any atom is 0.240 e. The lowest BCUT2D eigenvalue weighted by molar-refractivity contribution is 0.135. The largest absolute Gasteiger partial charge is 0.338 e. The Balaban J connectivity index is 1.73. The summed E-state index contributed by atoms with van der Waals surface area (Å²) in [5.41, 5.74) is 1.21. The summed E-state index contributed by atoms with van der Waals surface area (Å²) in [5.74, 6) is 2.01. The van der Waals surface area contributed by atoms with Gasteiger partial charge in [0.2, 0.25) is 5.89 Å². The Bertz CT molecular complexity index is 643. The minimum atomic E-state index is 0.267. The molecule has 1 atom stereocenters. The lowest BCUT2D eigenvalue weighted by atomic mass is 10.0. The molecule has 0 saturated carbocycles. The Labute approximate surface area is 142 Å². The third-order valence-corrected chi connectivity index (χ3v) is 4.26. The van der Waals surface area contributed by atoms with Gasteiger partial charge in [0.1, 0.15) is 0 Å². The molecule has 0 bridgehead atoms. The topological polar surface area (TPSA) is 54.2 Å². The standard InChI is InChI=1S/C17H23ClN4O/c1-12(2)8-16-20-17(23-21-16)11-22-7-6-19-10-15(22)13-4-3-5-14(18)9-13/h3-5,9,12,15,19H,6-8,10-11H2,1-2H3. The molecule has 1 fully saturated rings. The summed E-state index contributed by atoms with van der Waals surface area (Å²) in [6, 6.07) is 8.32. The van der Waals surface area contributed by atoms with Crippen LogP contribution in [0, 0.1) is 5.92 Å². The monoisotopic (exact) mass is 334 g/mol. The van der Waals surface area contributed by atoms with E-state index in [9.17, 15) is 0 Å². The second-order valence-electron chi connectivity index (χ2n) is 6.45. The normalized spacial score (nSPS) is 19.4. The molecule has 1 aliphatic rings. The van der Waals surface area contributed by atoms with Crippen LogP contribution in [0.1, 0.15) is 37.2 Å². The van der Waals surface area contributed by atoms with Gasteiger partial charge in [0.15, 0.2) is 5.82 Å². The third-order valence-electron chi connectivity index (χ3n) is 4.03. The van der Waals surface area contributed by atoms with Gasteiger partial charge in [-0.3, -0.25) is 4.90 Å². The first-order chi connectivity index (χ1) is 11.1. The SMILES string of the molecule is CC(C)Cc1noc(CN2CCNCC2c2cccc(Cl)c2)n1. The second kappa shape index (κ2) is 7.43. The number of rotatable bonds is 5. The van der Waals surface area contributed by atoms with Crippen LogP contribution in [0.15, 0.2) is 28.8 Å². The molecule has 6 heteroatoms. The van der Waals surface area contributed by atoms with E-state index in [1.807, 2.05) is 18.2 Å². The summed E-state index contributed by atoms with van der Waals surface area (Å²) in [6.07, 6.45) is 0.850. The van der Waals surface area contributed by atoms with Crippen LogP contribution in [0.25, 0.3) is 0 Å². The molecular formula is C17H23ClN4O. The summed E-state index contributed by atoms with van der Waals surface area (Å²) in [4.78, 5) is 6.89. The number of piperazine rings is 1. The zero-order valence-corrected chi connectivity index (χ0v) is 14.4.